The van der Waals surface area contributed by atoms with Crippen molar-refractivity contribution in [3.05, 3.63) is 35.6 Å². The molecule has 2 atom stereocenters. The zero-order valence-corrected chi connectivity index (χ0v) is 13.5. The minimum absolute atomic E-state index is 0.222. The molecule has 0 aromatic heterocycles. The molecule has 3 fully saturated rings. The molecule has 1 aromatic rings. The third-order valence-corrected chi connectivity index (χ3v) is 5.58. The van der Waals surface area contributed by atoms with Crippen LogP contribution in [0.3, 0.4) is 0 Å². The predicted molar refractivity (Wildman–Crippen MR) is 87.3 cm³/mol. The number of halogens is 1. The lowest BCUT2D eigenvalue weighted by molar-refractivity contribution is -0.133. The average Bonchev–Trinajstić information content (AvgIpc) is 3.30. The minimum atomic E-state index is -0.222. The van der Waals surface area contributed by atoms with Gasteiger partial charge >= 0.3 is 0 Å². The van der Waals surface area contributed by atoms with Gasteiger partial charge in [0.05, 0.1) is 0 Å². The van der Waals surface area contributed by atoms with Crippen LogP contribution in [0.1, 0.15) is 50.5 Å². The molecule has 2 heterocycles. The maximum absolute atomic E-state index is 13.4. The smallest absolute Gasteiger partial charge is 0.223 e. The fourth-order valence-corrected chi connectivity index (χ4v) is 4.35. The van der Waals surface area contributed by atoms with E-state index in [1.807, 2.05) is 11.0 Å². The van der Waals surface area contributed by atoms with E-state index < -0.39 is 0 Å². The number of fused-ring (bicyclic) bond motifs is 2. The van der Waals surface area contributed by atoms with Gasteiger partial charge in [-0.25, -0.2) is 4.39 Å². The summed E-state index contributed by atoms with van der Waals surface area (Å²) in [6, 6.07) is 8.28. The molecule has 4 rings (SSSR count). The van der Waals surface area contributed by atoms with Crippen LogP contribution in [0.25, 0.3) is 0 Å². The number of carbonyl (C=O) groups is 1. The summed E-state index contributed by atoms with van der Waals surface area (Å²) < 4.78 is 13.4. The molecule has 3 aliphatic rings. The zero-order valence-electron chi connectivity index (χ0n) is 13.5. The number of nitrogens with one attached hydrogen (secondary N) is 1. The van der Waals surface area contributed by atoms with Crippen molar-refractivity contribution in [1.29, 1.82) is 0 Å². The molecule has 124 valence electrons. The number of carbonyl (C=O) groups excluding carboxylic acids is 1. The molecule has 3 nitrogen and oxygen atoms in total. The fourth-order valence-electron chi connectivity index (χ4n) is 4.35. The molecule has 1 amide bonds. The van der Waals surface area contributed by atoms with Gasteiger partial charge in [0, 0.05) is 31.1 Å². The predicted octanol–water partition coefficient (Wildman–Crippen LogP) is 3.24. The topological polar surface area (TPSA) is 32.3 Å². The Bertz CT molecular complexity index is 574. The number of hydrogen-bond acceptors (Lipinski definition) is 2. The lowest BCUT2D eigenvalue weighted by Crippen LogP contribution is -2.40. The van der Waals surface area contributed by atoms with Crippen LogP contribution in [-0.4, -0.2) is 28.9 Å². The van der Waals surface area contributed by atoms with Crippen molar-refractivity contribution in [3.63, 3.8) is 0 Å². The summed E-state index contributed by atoms with van der Waals surface area (Å²) in [5.74, 6) is 0.568. The van der Waals surface area contributed by atoms with Gasteiger partial charge < -0.3 is 10.2 Å². The number of nitrogens with zero attached hydrogens (tertiary/aromatic N) is 1. The fraction of sp³-hybridized carbons (Fsp3) is 0.632. The summed E-state index contributed by atoms with van der Waals surface area (Å²) in [7, 11) is 0. The van der Waals surface area contributed by atoms with Crippen LogP contribution in [0.2, 0.25) is 0 Å². The van der Waals surface area contributed by atoms with Gasteiger partial charge in [-0.05, 0) is 62.1 Å². The van der Waals surface area contributed by atoms with Crippen molar-refractivity contribution in [2.75, 3.05) is 0 Å². The molecular weight excluding hydrogens is 291 g/mol. The Labute approximate surface area is 137 Å². The first-order valence-corrected chi connectivity index (χ1v) is 8.97. The van der Waals surface area contributed by atoms with Crippen molar-refractivity contribution < 1.29 is 9.18 Å². The Morgan fingerprint density at radius 2 is 1.91 bits per heavy atom. The highest BCUT2D eigenvalue weighted by Crippen LogP contribution is 2.35. The number of amides is 1. The highest BCUT2D eigenvalue weighted by Gasteiger charge is 2.37. The molecule has 4 heteroatoms. The Morgan fingerprint density at radius 3 is 2.57 bits per heavy atom. The molecule has 1 N–H and O–H groups in total. The van der Waals surface area contributed by atoms with Crippen LogP contribution in [0.15, 0.2) is 24.3 Å². The van der Waals surface area contributed by atoms with Gasteiger partial charge in [0.25, 0.3) is 0 Å². The number of hydrogen-bond donors (Lipinski definition) is 1. The number of benzene rings is 1. The third kappa shape index (κ3) is 3.57. The van der Waals surface area contributed by atoms with Crippen LogP contribution < -0.4 is 5.32 Å². The van der Waals surface area contributed by atoms with Crippen molar-refractivity contribution in [2.45, 2.75) is 69.6 Å². The van der Waals surface area contributed by atoms with Gasteiger partial charge in [-0.1, -0.05) is 12.1 Å². The van der Waals surface area contributed by atoms with Crippen molar-refractivity contribution >= 4 is 5.91 Å². The maximum Gasteiger partial charge on any atom is 0.223 e. The second-order valence-electron chi connectivity index (χ2n) is 7.56. The molecule has 1 saturated carbocycles. The normalized spacial score (nSPS) is 29.5. The largest absolute Gasteiger partial charge is 0.335 e. The highest BCUT2D eigenvalue weighted by atomic mass is 19.1. The standard InChI is InChI=1S/C19H25FN2O/c20-15-3-1-2-13(8-15)12-22(18-6-7-18)19(23)11-14-9-16-4-5-17(10-14)21-16/h1-3,8,14,16-18,21H,4-7,9-12H2. The van der Waals surface area contributed by atoms with Gasteiger partial charge in [0.2, 0.25) is 5.91 Å². The van der Waals surface area contributed by atoms with Crippen LogP contribution in [0.4, 0.5) is 4.39 Å². The average molecular weight is 316 g/mol. The summed E-state index contributed by atoms with van der Waals surface area (Å²) in [6.07, 6.45) is 7.68. The molecule has 2 saturated heterocycles. The summed E-state index contributed by atoms with van der Waals surface area (Å²) in [6.45, 7) is 0.555. The molecule has 2 aliphatic heterocycles. The van der Waals surface area contributed by atoms with Crippen LogP contribution >= 0.6 is 0 Å². The summed E-state index contributed by atoms with van der Waals surface area (Å²) >= 11 is 0. The summed E-state index contributed by atoms with van der Waals surface area (Å²) in [4.78, 5) is 14.8. The van der Waals surface area contributed by atoms with Crippen LogP contribution in [0.5, 0.6) is 0 Å². The Hall–Kier alpha value is -1.42. The molecule has 23 heavy (non-hydrogen) atoms. The van der Waals surface area contributed by atoms with E-state index >= 15 is 0 Å². The molecule has 0 radical (unpaired) electrons. The van der Waals surface area contributed by atoms with E-state index in [-0.39, 0.29) is 11.7 Å². The van der Waals surface area contributed by atoms with Crippen molar-refractivity contribution in [2.24, 2.45) is 5.92 Å². The molecular formula is C19H25FN2O. The molecule has 0 spiro atoms. The van der Waals surface area contributed by atoms with Gasteiger partial charge in [-0.2, -0.15) is 0 Å². The number of piperidine rings is 1. The quantitative estimate of drug-likeness (QED) is 0.904. The van der Waals surface area contributed by atoms with Crippen molar-refractivity contribution in [3.8, 4) is 0 Å². The SMILES string of the molecule is O=C(CC1CC2CCC(C1)N2)N(Cc1cccc(F)c1)C1CC1. The highest BCUT2D eigenvalue weighted by molar-refractivity contribution is 5.77. The first-order valence-electron chi connectivity index (χ1n) is 8.97. The van der Waals surface area contributed by atoms with E-state index in [0.29, 0.717) is 37.0 Å². The molecule has 1 aromatic carbocycles. The van der Waals surface area contributed by atoms with Gasteiger partial charge in [-0.15, -0.1) is 0 Å². The van der Waals surface area contributed by atoms with E-state index in [0.717, 1.165) is 31.2 Å². The Balaban J connectivity index is 1.40. The van der Waals surface area contributed by atoms with Gasteiger partial charge in [0.1, 0.15) is 5.82 Å². The molecule has 2 unspecified atom stereocenters. The van der Waals surface area contributed by atoms with E-state index in [4.69, 9.17) is 0 Å². The Morgan fingerprint density at radius 1 is 1.17 bits per heavy atom. The second kappa shape index (κ2) is 6.23. The molecule has 1 aliphatic carbocycles. The van der Waals surface area contributed by atoms with Crippen molar-refractivity contribution in [1.82, 2.24) is 10.2 Å². The first-order chi connectivity index (χ1) is 11.2. The van der Waals surface area contributed by atoms with Gasteiger partial charge in [0.15, 0.2) is 0 Å². The monoisotopic (exact) mass is 316 g/mol. The number of rotatable bonds is 5. The Kier molecular flexibility index (Phi) is 4.10. The zero-order chi connectivity index (χ0) is 15.8. The summed E-state index contributed by atoms with van der Waals surface area (Å²) in [5.41, 5.74) is 0.899. The third-order valence-electron chi connectivity index (χ3n) is 5.58. The van der Waals surface area contributed by atoms with Crippen LogP contribution in [0, 0.1) is 11.7 Å². The van der Waals surface area contributed by atoms with E-state index in [9.17, 15) is 9.18 Å². The van der Waals surface area contributed by atoms with E-state index in [1.165, 1.54) is 18.9 Å². The lowest BCUT2D eigenvalue weighted by atomic mass is 9.89. The lowest BCUT2D eigenvalue weighted by Gasteiger charge is -2.31. The second-order valence-corrected chi connectivity index (χ2v) is 7.56. The molecule has 2 bridgehead atoms. The van der Waals surface area contributed by atoms with E-state index in [1.54, 1.807) is 12.1 Å². The van der Waals surface area contributed by atoms with Crippen LogP contribution in [-0.2, 0) is 11.3 Å². The summed E-state index contributed by atoms with van der Waals surface area (Å²) in [5, 5.41) is 3.64. The van der Waals surface area contributed by atoms with E-state index in [2.05, 4.69) is 5.32 Å². The minimum Gasteiger partial charge on any atom is -0.335 e. The first kappa shape index (κ1) is 15.1. The maximum atomic E-state index is 13.4. The van der Waals surface area contributed by atoms with Gasteiger partial charge in [-0.3, -0.25) is 4.79 Å².